The predicted octanol–water partition coefficient (Wildman–Crippen LogP) is 3.57. The Balaban J connectivity index is 1.98. The molecule has 0 aromatic heterocycles. The summed E-state index contributed by atoms with van der Waals surface area (Å²) < 4.78 is 0. The van der Waals surface area contributed by atoms with Crippen LogP contribution in [0, 0.1) is 6.92 Å². The zero-order valence-corrected chi connectivity index (χ0v) is 12.9. The minimum Gasteiger partial charge on any atom is -0.296 e. The molecule has 0 aliphatic carbocycles. The van der Waals surface area contributed by atoms with E-state index >= 15 is 0 Å². The molecule has 1 unspecified atom stereocenters. The number of carbonyl (C=O) groups is 1. The summed E-state index contributed by atoms with van der Waals surface area (Å²) in [5.41, 5.74) is 3.30. The number of benzene rings is 2. The first-order valence-corrected chi connectivity index (χ1v) is 7.43. The van der Waals surface area contributed by atoms with Gasteiger partial charge in [0.1, 0.15) is 5.71 Å². The van der Waals surface area contributed by atoms with Crippen LogP contribution in [0.5, 0.6) is 0 Å². The first-order valence-electron chi connectivity index (χ1n) is 7.05. The van der Waals surface area contributed by atoms with Crippen LogP contribution in [0.4, 0.5) is 0 Å². The van der Waals surface area contributed by atoms with Crippen molar-refractivity contribution < 1.29 is 4.79 Å². The minimum absolute atomic E-state index is 0.260. The molecule has 0 amide bonds. The summed E-state index contributed by atoms with van der Waals surface area (Å²) in [7, 11) is 0. The molecule has 0 saturated carbocycles. The Morgan fingerprint density at radius 3 is 2.45 bits per heavy atom. The van der Waals surface area contributed by atoms with Gasteiger partial charge < -0.3 is 0 Å². The second-order valence-electron chi connectivity index (χ2n) is 5.28. The molecule has 1 aliphatic rings. The van der Waals surface area contributed by atoms with Gasteiger partial charge in [0.15, 0.2) is 17.1 Å². The summed E-state index contributed by atoms with van der Waals surface area (Å²) in [4.78, 5) is 19.1. The van der Waals surface area contributed by atoms with E-state index in [4.69, 9.17) is 11.6 Å². The molecule has 2 aromatic carbocycles. The summed E-state index contributed by atoms with van der Waals surface area (Å²) in [6.07, 6.45) is 1.14. The van der Waals surface area contributed by atoms with Crippen LogP contribution in [-0.2, 0) is 11.2 Å². The lowest BCUT2D eigenvalue weighted by Gasteiger charge is -2.18. The van der Waals surface area contributed by atoms with Crippen molar-refractivity contribution in [2.75, 3.05) is 0 Å². The van der Waals surface area contributed by atoms with Crippen LogP contribution in [0.1, 0.15) is 16.7 Å². The summed E-state index contributed by atoms with van der Waals surface area (Å²) in [6, 6.07) is 17.5. The van der Waals surface area contributed by atoms with Gasteiger partial charge in [0, 0.05) is 12.0 Å². The van der Waals surface area contributed by atoms with E-state index in [9.17, 15) is 4.79 Å². The van der Waals surface area contributed by atoms with Crippen molar-refractivity contribution in [3.63, 3.8) is 0 Å². The predicted molar refractivity (Wildman–Crippen MR) is 89.9 cm³/mol. The molecule has 2 aromatic rings. The third-order valence-corrected chi connectivity index (χ3v) is 4.14. The Kier molecular flexibility index (Phi) is 3.90. The second kappa shape index (κ2) is 5.85. The maximum atomic E-state index is 11.4. The SMILES string of the molecule is Cc1ccccc1CC1(Cl)N=C(c2ccccc2)N=C1C=O. The largest absolute Gasteiger partial charge is 0.296 e. The number of halogens is 1. The zero-order valence-electron chi connectivity index (χ0n) is 12.2. The van der Waals surface area contributed by atoms with Gasteiger partial charge in [-0.3, -0.25) is 4.79 Å². The van der Waals surface area contributed by atoms with Gasteiger partial charge in [-0.2, -0.15) is 0 Å². The van der Waals surface area contributed by atoms with Gasteiger partial charge in [0.2, 0.25) is 0 Å². The maximum Gasteiger partial charge on any atom is 0.185 e. The molecule has 4 heteroatoms. The van der Waals surface area contributed by atoms with Gasteiger partial charge >= 0.3 is 0 Å². The Morgan fingerprint density at radius 1 is 1.09 bits per heavy atom. The number of aliphatic imine (C=N–C) groups is 2. The normalized spacial score (nSPS) is 20.5. The molecule has 1 aliphatic heterocycles. The van der Waals surface area contributed by atoms with E-state index in [-0.39, 0.29) is 5.71 Å². The molecule has 3 rings (SSSR count). The Labute approximate surface area is 134 Å². The van der Waals surface area contributed by atoms with Crippen molar-refractivity contribution in [1.82, 2.24) is 0 Å². The van der Waals surface area contributed by atoms with Crippen molar-refractivity contribution in [2.45, 2.75) is 18.3 Å². The Morgan fingerprint density at radius 2 is 1.77 bits per heavy atom. The third-order valence-electron chi connectivity index (χ3n) is 3.73. The topological polar surface area (TPSA) is 41.8 Å². The summed E-state index contributed by atoms with van der Waals surface area (Å²) in [5.74, 6) is 0.506. The monoisotopic (exact) mass is 310 g/mol. The van der Waals surface area contributed by atoms with E-state index in [1.165, 1.54) is 0 Å². The quantitative estimate of drug-likeness (QED) is 0.483. The summed E-state index contributed by atoms with van der Waals surface area (Å²) >= 11 is 6.64. The van der Waals surface area contributed by atoms with Crippen LogP contribution in [-0.4, -0.2) is 22.8 Å². The highest BCUT2D eigenvalue weighted by Gasteiger charge is 2.38. The van der Waals surface area contributed by atoms with Crippen LogP contribution < -0.4 is 0 Å². The van der Waals surface area contributed by atoms with Gasteiger partial charge in [-0.05, 0) is 18.1 Å². The molecule has 0 bridgehead atoms. The molecular weight excluding hydrogens is 296 g/mol. The van der Waals surface area contributed by atoms with Crippen molar-refractivity contribution in [3.05, 3.63) is 71.3 Å². The Hall–Kier alpha value is -2.26. The smallest absolute Gasteiger partial charge is 0.185 e. The molecule has 110 valence electrons. The molecular formula is C18H15ClN2O. The average molecular weight is 311 g/mol. The van der Waals surface area contributed by atoms with Gasteiger partial charge in [0.25, 0.3) is 0 Å². The van der Waals surface area contributed by atoms with Gasteiger partial charge in [-0.25, -0.2) is 9.98 Å². The molecule has 1 atom stereocenters. The van der Waals surface area contributed by atoms with Crippen molar-refractivity contribution in [1.29, 1.82) is 0 Å². The lowest BCUT2D eigenvalue weighted by atomic mass is 9.99. The number of hydrogen-bond acceptors (Lipinski definition) is 3. The lowest BCUT2D eigenvalue weighted by Crippen LogP contribution is -2.31. The van der Waals surface area contributed by atoms with Crippen LogP contribution in [0.15, 0.2) is 64.6 Å². The molecule has 22 heavy (non-hydrogen) atoms. The molecule has 0 radical (unpaired) electrons. The Bertz CT molecular complexity index is 768. The van der Waals surface area contributed by atoms with Gasteiger partial charge in [0.05, 0.1) is 0 Å². The summed E-state index contributed by atoms with van der Waals surface area (Å²) in [6.45, 7) is 2.02. The average Bonchev–Trinajstić information content (AvgIpc) is 2.87. The standard InChI is InChI=1S/C18H15ClN2O/c1-13-7-5-6-10-15(13)11-18(19)16(12-22)20-17(21-18)14-8-3-2-4-9-14/h2-10,12H,11H2,1H3. The molecule has 3 nitrogen and oxygen atoms in total. The van der Waals surface area contributed by atoms with Gasteiger partial charge in [-0.1, -0.05) is 66.2 Å². The highest BCUT2D eigenvalue weighted by atomic mass is 35.5. The van der Waals surface area contributed by atoms with E-state index in [2.05, 4.69) is 9.98 Å². The molecule has 0 saturated heterocycles. The van der Waals surface area contributed by atoms with E-state index in [0.29, 0.717) is 18.5 Å². The summed E-state index contributed by atoms with van der Waals surface area (Å²) in [5, 5.41) is 0. The number of alkyl halides is 1. The van der Waals surface area contributed by atoms with Crippen molar-refractivity contribution in [2.24, 2.45) is 9.98 Å². The lowest BCUT2D eigenvalue weighted by molar-refractivity contribution is -0.102. The minimum atomic E-state index is -1.13. The first-order chi connectivity index (χ1) is 10.6. The molecule has 0 spiro atoms. The highest BCUT2D eigenvalue weighted by molar-refractivity contribution is 6.51. The maximum absolute atomic E-state index is 11.4. The van der Waals surface area contributed by atoms with Crippen molar-refractivity contribution >= 4 is 29.4 Å². The number of carbonyl (C=O) groups excluding carboxylic acids is 1. The van der Waals surface area contributed by atoms with E-state index in [1.807, 2.05) is 61.5 Å². The fraction of sp³-hybridized carbons (Fsp3) is 0.167. The highest BCUT2D eigenvalue weighted by Crippen LogP contribution is 2.31. The number of amidine groups is 1. The molecule has 1 heterocycles. The van der Waals surface area contributed by atoms with Crippen LogP contribution >= 0.6 is 11.6 Å². The second-order valence-corrected chi connectivity index (χ2v) is 5.90. The number of nitrogens with zero attached hydrogens (tertiary/aromatic N) is 2. The first kappa shape index (κ1) is 14.7. The van der Waals surface area contributed by atoms with Crippen LogP contribution in [0.2, 0.25) is 0 Å². The molecule has 0 fully saturated rings. The zero-order chi connectivity index (χ0) is 15.6. The number of aryl methyl sites for hydroxylation is 1. The number of aldehydes is 1. The fourth-order valence-corrected chi connectivity index (χ4v) is 2.78. The van der Waals surface area contributed by atoms with Crippen molar-refractivity contribution in [3.8, 4) is 0 Å². The molecule has 0 N–H and O–H groups in total. The third kappa shape index (κ3) is 2.72. The van der Waals surface area contributed by atoms with E-state index in [1.54, 1.807) is 0 Å². The fourth-order valence-electron chi connectivity index (χ4n) is 2.47. The van der Waals surface area contributed by atoms with Crippen LogP contribution in [0.3, 0.4) is 0 Å². The number of rotatable bonds is 4. The van der Waals surface area contributed by atoms with E-state index < -0.39 is 5.00 Å². The van der Waals surface area contributed by atoms with Crippen LogP contribution in [0.25, 0.3) is 0 Å². The number of hydrogen-bond donors (Lipinski definition) is 0. The van der Waals surface area contributed by atoms with E-state index in [0.717, 1.165) is 16.7 Å². The van der Waals surface area contributed by atoms with Gasteiger partial charge in [-0.15, -0.1) is 0 Å².